The molecule has 0 spiro atoms. The maximum absolute atomic E-state index is 9.01. The topological polar surface area (TPSA) is 29.5 Å². The molecule has 1 aromatic carbocycles. The Morgan fingerprint density at radius 1 is 1.33 bits per heavy atom. The van der Waals surface area contributed by atoms with Crippen LogP contribution in [0.15, 0.2) is 24.3 Å². The summed E-state index contributed by atoms with van der Waals surface area (Å²) in [7, 11) is 0. The van der Waals surface area contributed by atoms with Gasteiger partial charge in [0.25, 0.3) is 0 Å². The second-order valence-electron chi connectivity index (χ2n) is 1.59. The number of aromatic hydroxyl groups is 1. The zero-order valence-electron chi connectivity index (χ0n) is 4.74. The van der Waals surface area contributed by atoms with E-state index in [0.29, 0.717) is 32.0 Å². The van der Waals surface area contributed by atoms with Crippen molar-refractivity contribution in [3.63, 3.8) is 0 Å². The Kier molecular flexibility index (Phi) is 2.32. The minimum absolute atomic E-state index is 0.222. The molecule has 0 saturated carbocycles. The third kappa shape index (κ3) is 1.57. The van der Waals surface area contributed by atoms with E-state index < -0.39 is 0 Å². The van der Waals surface area contributed by atoms with Gasteiger partial charge >= 0.3 is 69.8 Å². The molecule has 9 heavy (non-hydrogen) atoms. The van der Waals surface area contributed by atoms with Gasteiger partial charge in [-0.25, -0.2) is 0 Å². The minimum atomic E-state index is 0.222. The fraction of sp³-hybridized carbons (Fsp3) is 0. The molecule has 0 aliphatic heterocycles. The monoisotopic (exact) mass is 314 g/mol. The predicted octanol–water partition coefficient (Wildman–Crippen LogP) is 0.854. The van der Waals surface area contributed by atoms with Crippen LogP contribution in [0.1, 0.15) is 0 Å². The summed E-state index contributed by atoms with van der Waals surface area (Å²) in [5.41, 5.74) is 0. The van der Waals surface area contributed by atoms with Gasteiger partial charge in [-0.3, -0.25) is 0 Å². The molecule has 1 N–H and O–H groups in total. The van der Waals surface area contributed by atoms with E-state index in [2.05, 4.69) is 0 Å². The number of para-hydroxylation sites is 2. The predicted molar refractivity (Wildman–Crippen MR) is 34.5 cm³/mol. The summed E-state index contributed by atoms with van der Waals surface area (Å²) in [6, 6.07) is 6.95. The van der Waals surface area contributed by atoms with Gasteiger partial charge in [0.2, 0.25) is 0 Å². The van der Waals surface area contributed by atoms with Gasteiger partial charge in [-0.2, -0.15) is 0 Å². The van der Waals surface area contributed by atoms with Crippen LogP contribution in [0.3, 0.4) is 0 Å². The summed E-state index contributed by atoms with van der Waals surface area (Å²) >= 11 is 0.434. The second-order valence-corrected chi connectivity index (χ2v) is 2.50. The van der Waals surface area contributed by atoms with E-state index >= 15 is 0 Å². The number of hydrogen-bond donors (Lipinski definition) is 1. The Hall–Kier alpha value is -0.258. The Bertz CT molecular complexity index is 200. The van der Waals surface area contributed by atoms with E-state index in [0.717, 1.165) is 0 Å². The number of benzene rings is 1. The first kappa shape index (κ1) is 6.86. The Morgan fingerprint density at radius 2 is 2.00 bits per heavy atom. The molecule has 0 aliphatic rings. The van der Waals surface area contributed by atoms with Gasteiger partial charge in [0.1, 0.15) is 0 Å². The summed E-state index contributed by atoms with van der Waals surface area (Å²) in [5.74, 6) is 0.808. The molecule has 0 heterocycles. The summed E-state index contributed by atoms with van der Waals surface area (Å²) in [6.07, 6.45) is 0. The molecule has 0 aliphatic carbocycles. The van der Waals surface area contributed by atoms with Crippen molar-refractivity contribution in [2.24, 2.45) is 0 Å². The van der Waals surface area contributed by atoms with Crippen LogP contribution in [0.2, 0.25) is 0 Å². The van der Waals surface area contributed by atoms with E-state index in [1.54, 1.807) is 18.2 Å². The van der Waals surface area contributed by atoms with Crippen molar-refractivity contribution in [1.29, 1.82) is 0 Å². The third-order valence-electron chi connectivity index (χ3n) is 0.992. The van der Waals surface area contributed by atoms with E-state index in [9.17, 15) is 0 Å². The molecular weight excluding hydrogens is 308 g/mol. The van der Waals surface area contributed by atoms with Crippen LogP contribution < -0.4 is 2.69 Å². The van der Waals surface area contributed by atoms with Gasteiger partial charge in [-0.15, -0.1) is 0 Å². The van der Waals surface area contributed by atoms with E-state index in [1.807, 2.05) is 6.07 Å². The van der Waals surface area contributed by atoms with Crippen LogP contribution in [0.4, 0.5) is 0 Å². The van der Waals surface area contributed by atoms with Gasteiger partial charge in [0, 0.05) is 0 Å². The molecule has 0 radical (unpaired) electrons. The first-order chi connectivity index (χ1) is 4.34. The van der Waals surface area contributed by atoms with Crippen molar-refractivity contribution < 1.29 is 7.79 Å². The Morgan fingerprint density at radius 3 is 2.44 bits per heavy atom. The first-order valence-electron chi connectivity index (χ1n) is 2.49. The summed E-state index contributed by atoms with van der Waals surface area (Å²) in [4.78, 5) is 0. The number of phenols is 1. The number of rotatable bonds is 1. The average molecular weight is 313 g/mol. The zero-order chi connectivity index (χ0) is 6.69. The van der Waals surface area contributed by atoms with Gasteiger partial charge in [0.05, 0.1) is 0 Å². The number of hydrogen-bond acceptors (Lipinski definition) is 2. The van der Waals surface area contributed by atoms with Gasteiger partial charge in [-0.1, -0.05) is 0 Å². The second kappa shape index (κ2) is 3.05. The van der Waals surface area contributed by atoms with Crippen LogP contribution in [0, 0.1) is 0 Å². The molecule has 0 unspecified atom stereocenters. The molecule has 2 nitrogen and oxygen atoms in total. The molecule has 0 fully saturated rings. The quantitative estimate of drug-likeness (QED) is 0.779. The molecule has 0 bridgehead atoms. The fourth-order valence-corrected chi connectivity index (χ4v) is 1.33. The number of phenolic OH excluding ortho intramolecular Hbond substituents is 1. The molecule has 1 aromatic rings. The average Bonchev–Trinajstić information content (AvgIpc) is 1.89. The molecule has 3 heteroatoms. The molecule has 0 saturated heterocycles. The molecule has 0 aromatic heterocycles. The Labute approximate surface area is 69.8 Å². The van der Waals surface area contributed by atoms with Gasteiger partial charge in [-0.05, 0) is 0 Å². The van der Waals surface area contributed by atoms with Crippen LogP contribution >= 0.6 is 0 Å². The maximum atomic E-state index is 9.01. The summed E-state index contributed by atoms with van der Waals surface area (Å²) in [5, 5.41) is 9.01. The normalized spacial score (nSPS) is 8.78. The SMILES string of the molecule is Oc1ccccc1[O][Tl]. The van der Waals surface area contributed by atoms with Crippen molar-refractivity contribution in [2.45, 2.75) is 0 Å². The van der Waals surface area contributed by atoms with Crippen molar-refractivity contribution in [3.05, 3.63) is 24.3 Å². The van der Waals surface area contributed by atoms with Crippen LogP contribution in [-0.4, -0.2) is 31.3 Å². The van der Waals surface area contributed by atoms with Crippen LogP contribution in [0.5, 0.6) is 11.5 Å². The van der Waals surface area contributed by atoms with Crippen LogP contribution in [0.25, 0.3) is 0 Å². The van der Waals surface area contributed by atoms with Crippen molar-refractivity contribution in [3.8, 4) is 11.5 Å². The summed E-state index contributed by atoms with van der Waals surface area (Å²) < 4.78 is 4.96. The molecular formula is C6H5O2Tl. The third-order valence-corrected chi connectivity index (χ3v) is 1.98. The van der Waals surface area contributed by atoms with E-state index in [1.165, 1.54) is 0 Å². The Balaban J connectivity index is 3.01. The molecule has 44 valence electrons. The molecule has 0 atom stereocenters. The van der Waals surface area contributed by atoms with Crippen molar-refractivity contribution in [2.75, 3.05) is 0 Å². The van der Waals surface area contributed by atoms with Gasteiger partial charge < -0.3 is 0 Å². The molecule has 0 amide bonds. The van der Waals surface area contributed by atoms with Gasteiger partial charge in [0.15, 0.2) is 0 Å². The van der Waals surface area contributed by atoms with Crippen molar-refractivity contribution >= 4 is 26.2 Å². The van der Waals surface area contributed by atoms with Crippen LogP contribution in [-0.2, 0) is 0 Å². The first-order valence-corrected chi connectivity index (χ1v) is 4.32. The summed E-state index contributed by atoms with van der Waals surface area (Å²) in [6.45, 7) is 0. The zero-order valence-corrected chi connectivity index (χ0v) is 9.23. The van der Waals surface area contributed by atoms with E-state index in [4.69, 9.17) is 7.79 Å². The standard InChI is InChI=1S/C6H6O2.Tl/c7-5-3-1-2-4-6(5)8;/h1-4,7-8H;/q;+1/p-1. The van der Waals surface area contributed by atoms with Crippen molar-refractivity contribution in [1.82, 2.24) is 0 Å². The fourth-order valence-electron chi connectivity index (χ4n) is 0.557. The van der Waals surface area contributed by atoms with E-state index in [-0.39, 0.29) is 5.75 Å². The molecule has 1 rings (SSSR count).